The molecule has 0 bridgehead atoms. The smallest absolute Gasteiger partial charge is 0.307 e. The van der Waals surface area contributed by atoms with E-state index in [9.17, 15) is 4.79 Å². The number of aromatic nitrogens is 2. The van der Waals surface area contributed by atoms with Crippen molar-refractivity contribution in [3.8, 4) is 11.3 Å². The van der Waals surface area contributed by atoms with Crippen molar-refractivity contribution in [2.24, 2.45) is 5.92 Å². The lowest BCUT2D eigenvalue weighted by Gasteiger charge is -2.29. The van der Waals surface area contributed by atoms with Crippen molar-refractivity contribution < 1.29 is 9.90 Å². The second-order valence-corrected chi connectivity index (χ2v) is 6.58. The minimum Gasteiger partial charge on any atom is -0.481 e. The fourth-order valence-electron chi connectivity index (χ4n) is 2.86. The molecule has 2 N–H and O–H groups in total. The Morgan fingerprint density at radius 2 is 2.36 bits per heavy atom. The molecular weight excluding hydrogens is 346 g/mol. The van der Waals surface area contributed by atoms with Gasteiger partial charge in [-0.3, -0.25) is 9.69 Å². The zero-order chi connectivity index (χ0) is 15.5. The van der Waals surface area contributed by atoms with Crippen LogP contribution in [0, 0.1) is 5.92 Å². The van der Waals surface area contributed by atoms with E-state index in [2.05, 4.69) is 30.8 Å². The molecule has 1 aliphatic heterocycles. The Hall–Kier alpha value is -1.66. The molecule has 0 amide bonds. The summed E-state index contributed by atoms with van der Waals surface area (Å²) in [6.07, 6.45) is 3.53. The van der Waals surface area contributed by atoms with E-state index in [1.165, 1.54) is 0 Å². The molecule has 1 aromatic carbocycles. The van der Waals surface area contributed by atoms with Crippen molar-refractivity contribution in [2.45, 2.75) is 19.4 Å². The summed E-state index contributed by atoms with van der Waals surface area (Å²) in [6, 6.07) is 8.05. The van der Waals surface area contributed by atoms with Crippen LogP contribution in [0.15, 0.2) is 34.9 Å². The molecule has 0 aliphatic carbocycles. The highest BCUT2D eigenvalue weighted by atomic mass is 79.9. The molecule has 2 aromatic rings. The highest BCUT2D eigenvalue weighted by Crippen LogP contribution is 2.22. The SMILES string of the molecule is O=C(O)C1CCCN(Cc2ncc(-c3cccc(Br)c3)[nH]2)C1. The molecule has 1 aliphatic rings. The lowest BCUT2D eigenvalue weighted by atomic mass is 9.98. The van der Waals surface area contributed by atoms with E-state index in [1.807, 2.05) is 30.5 Å². The summed E-state index contributed by atoms with van der Waals surface area (Å²) < 4.78 is 1.03. The predicted molar refractivity (Wildman–Crippen MR) is 87.4 cm³/mol. The van der Waals surface area contributed by atoms with E-state index in [0.29, 0.717) is 13.1 Å². The number of aromatic amines is 1. The van der Waals surface area contributed by atoms with Gasteiger partial charge in [0.2, 0.25) is 0 Å². The van der Waals surface area contributed by atoms with Gasteiger partial charge < -0.3 is 10.1 Å². The van der Waals surface area contributed by atoms with Crippen LogP contribution in [0.5, 0.6) is 0 Å². The molecule has 6 heteroatoms. The number of nitrogens with zero attached hydrogens (tertiary/aromatic N) is 2. The van der Waals surface area contributed by atoms with Gasteiger partial charge in [0.25, 0.3) is 0 Å². The highest BCUT2D eigenvalue weighted by molar-refractivity contribution is 9.10. The Kier molecular flexibility index (Phi) is 4.59. The zero-order valence-electron chi connectivity index (χ0n) is 12.1. The molecule has 0 radical (unpaired) electrons. The van der Waals surface area contributed by atoms with Crippen LogP contribution in [0.4, 0.5) is 0 Å². The maximum atomic E-state index is 11.1. The molecule has 5 nitrogen and oxygen atoms in total. The summed E-state index contributed by atoms with van der Waals surface area (Å²) in [5.74, 6) is -0.0757. The van der Waals surface area contributed by atoms with E-state index in [0.717, 1.165) is 40.9 Å². The van der Waals surface area contributed by atoms with Crippen LogP contribution in [-0.2, 0) is 11.3 Å². The number of benzene rings is 1. The van der Waals surface area contributed by atoms with Crippen LogP contribution in [0.1, 0.15) is 18.7 Å². The van der Waals surface area contributed by atoms with Gasteiger partial charge in [-0.15, -0.1) is 0 Å². The molecule has 0 saturated carbocycles. The third-order valence-electron chi connectivity index (χ3n) is 3.99. The first kappa shape index (κ1) is 15.2. The molecule has 1 saturated heterocycles. The van der Waals surface area contributed by atoms with Crippen molar-refractivity contribution in [1.82, 2.24) is 14.9 Å². The number of H-pyrrole nitrogens is 1. The summed E-state index contributed by atoms with van der Waals surface area (Å²) in [4.78, 5) is 21.0. The van der Waals surface area contributed by atoms with Crippen molar-refractivity contribution in [1.29, 1.82) is 0 Å². The van der Waals surface area contributed by atoms with Crippen LogP contribution < -0.4 is 0 Å². The lowest BCUT2D eigenvalue weighted by molar-refractivity contribution is -0.143. The fourth-order valence-corrected chi connectivity index (χ4v) is 3.26. The maximum Gasteiger partial charge on any atom is 0.307 e. The van der Waals surface area contributed by atoms with Crippen molar-refractivity contribution in [3.05, 3.63) is 40.8 Å². The number of hydrogen-bond donors (Lipinski definition) is 2. The number of nitrogens with one attached hydrogen (secondary N) is 1. The highest BCUT2D eigenvalue weighted by Gasteiger charge is 2.25. The Labute approximate surface area is 137 Å². The molecule has 1 unspecified atom stereocenters. The number of hydrogen-bond acceptors (Lipinski definition) is 3. The first-order chi connectivity index (χ1) is 10.6. The largest absolute Gasteiger partial charge is 0.481 e. The summed E-state index contributed by atoms with van der Waals surface area (Å²) in [6.45, 7) is 2.19. The standard InChI is InChI=1S/C16H18BrN3O2/c17-13-5-1-3-11(7-13)14-8-18-15(19-14)10-20-6-2-4-12(9-20)16(21)22/h1,3,5,7-8,12H,2,4,6,9-10H2,(H,18,19)(H,21,22). The van der Waals surface area contributed by atoms with Crippen LogP contribution in [0.25, 0.3) is 11.3 Å². The Morgan fingerprint density at radius 3 is 3.14 bits per heavy atom. The number of carboxylic acid groups (broad SMARTS) is 1. The van der Waals surface area contributed by atoms with Crippen LogP contribution in [0.3, 0.4) is 0 Å². The number of imidazole rings is 1. The normalized spacial score (nSPS) is 19.2. The van der Waals surface area contributed by atoms with E-state index >= 15 is 0 Å². The second-order valence-electron chi connectivity index (χ2n) is 5.67. The summed E-state index contributed by atoms with van der Waals surface area (Å²) in [7, 11) is 0. The molecule has 1 atom stereocenters. The molecule has 3 rings (SSSR count). The van der Waals surface area contributed by atoms with Crippen LogP contribution >= 0.6 is 15.9 Å². The van der Waals surface area contributed by atoms with Crippen molar-refractivity contribution in [2.75, 3.05) is 13.1 Å². The van der Waals surface area contributed by atoms with E-state index in [-0.39, 0.29) is 5.92 Å². The van der Waals surface area contributed by atoms with E-state index < -0.39 is 5.97 Å². The van der Waals surface area contributed by atoms with E-state index in [4.69, 9.17) is 5.11 Å². The maximum absolute atomic E-state index is 11.1. The van der Waals surface area contributed by atoms with E-state index in [1.54, 1.807) is 0 Å². The molecular formula is C16H18BrN3O2. The summed E-state index contributed by atoms with van der Waals surface area (Å²) in [5, 5.41) is 9.15. The molecule has 1 fully saturated rings. The zero-order valence-corrected chi connectivity index (χ0v) is 13.7. The lowest BCUT2D eigenvalue weighted by Crippen LogP contribution is -2.38. The van der Waals surface area contributed by atoms with Gasteiger partial charge in [0.15, 0.2) is 0 Å². The first-order valence-electron chi connectivity index (χ1n) is 7.37. The van der Waals surface area contributed by atoms with Gasteiger partial charge >= 0.3 is 5.97 Å². The Bertz CT molecular complexity index is 671. The summed E-state index contributed by atoms with van der Waals surface area (Å²) in [5.41, 5.74) is 2.05. The Balaban J connectivity index is 1.68. The third-order valence-corrected chi connectivity index (χ3v) is 4.49. The first-order valence-corrected chi connectivity index (χ1v) is 8.16. The molecule has 22 heavy (non-hydrogen) atoms. The second kappa shape index (κ2) is 6.62. The average Bonchev–Trinajstić information content (AvgIpc) is 2.96. The summed E-state index contributed by atoms with van der Waals surface area (Å²) >= 11 is 3.47. The molecule has 1 aromatic heterocycles. The predicted octanol–water partition coefficient (Wildman–Crippen LogP) is 3.14. The van der Waals surface area contributed by atoms with Crippen molar-refractivity contribution >= 4 is 21.9 Å². The van der Waals surface area contributed by atoms with Crippen LogP contribution in [-0.4, -0.2) is 39.0 Å². The molecule has 116 valence electrons. The third kappa shape index (κ3) is 3.56. The van der Waals surface area contributed by atoms with Crippen molar-refractivity contribution in [3.63, 3.8) is 0 Å². The fraction of sp³-hybridized carbons (Fsp3) is 0.375. The quantitative estimate of drug-likeness (QED) is 0.875. The van der Waals surface area contributed by atoms with Gasteiger partial charge in [-0.05, 0) is 31.5 Å². The number of piperidine rings is 1. The van der Waals surface area contributed by atoms with Gasteiger partial charge in [-0.25, -0.2) is 4.98 Å². The number of carboxylic acids is 1. The number of rotatable bonds is 4. The number of aliphatic carboxylic acids is 1. The average molecular weight is 364 g/mol. The van der Waals surface area contributed by atoms with Gasteiger partial charge in [0, 0.05) is 16.6 Å². The minimum atomic E-state index is -0.695. The van der Waals surface area contributed by atoms with Crippen LogP contribution in [0.2, 0.25) is 0 Å². The number of carbonyl (C=O) groups is 1. The van der Waals surface area contributed by atoms with Gasteiger partial charge in [0.05, 0.1) is 24.4 Å². The minimum absolute atomic E-state index is 0.256. The van der Waals surface area contributed by atoms with Gasteiger partial charge in [0.1, 0.15) is 5.82 Å². The van der Waals surface area contributed by atoms with Gasteiger partial charge in [-0.1, -0.05) is 28.1 Å². The monoisotopic (exact) mass is 363 g/mol. The van der Waals surface area contributed by atoms with Gasteiger partial charge in [-0.2, -0.15) is 0 Å². The number of halogens is 1. The molecule has 0 spiro atoms. The molecule has 2 heterocycles. The topological polar surface area (TPSA) is 69.2 Å². The number of likely N-dealkylation sites (tertiary alicyclic amines) is 1. The Morgan fingerprint density at radius 1 is 1.50 bits per heavy atom.